The number of aliphatic hydroxyl groups excluding tert-OH is 1. The zero-order valence-corrected chi connectivity index (χ0v) is 12.9. The number of benzene rings is 2. The highest BCUT2D eigenvalue weighted by atomic mass is 19.1. The molecule has 0 fully saturated rings. The summed E-state index contributed by atoms with van der Waals surface area (Å²) in [5.41, 5.74) is 7.59. The van der Waals surface area contributed by atoms with E-state index in [0.717, 1.165) is 11.6 Å². The van der Waals surface area contributed by atoms with E-state index in [9.17, 15) is 13.9 Å². The van der Waals surface area contributed by atoms with Crippen LogP contribution in [0.15, 0.2) is 48.5 Å². The van der Waals surface area contributed by atoms with E-state index in [0.29, 0.717) is 24.9 Å². The van der Waals surface area contributed by atoms with Crippen molar-refractivity contribution in [2.24, 2.45) is 5.73 Å². The lowest BCUT2D eigenvalue weighted by molar-refractivity contribution is 0.243. The van der Waals surface area contributed by atoms with Gasteiger partial charge < -0.3 is 16.2 Å². The fourth-order valence-corrected chi connectivity index (χ4v) is 2.55. The molecule has 2 aromatic carbocycles. The Morgan fingerprint density at radius 2 is 1.70 bits per heavy atom. The summed E-state index contributed by atoms with van der Waals surface area (Å²) in [4.78, 5) is 0. The summed E-state index contributed by atoms with van der Waals surface area (Å²) in [7, 11) is 0. The van der Waals surface area contributed by atoms with E-state index in [-0.39, 0.29) is 18.7 Å². The van der Waals surface area contributed by atoms with Gasteiger partial charge in [-0.25, -0.2) is 8.78 Å². The first-order valence-electron chi connectivity index (χ1n) is 7.68. The van der Waals surface area contributed by atoms with Gasteiger partial charge in [0.15, 0.2) is 0 Å². The normalized spacial score (nSPS) is 13.7. The maximum Gasteiger partial charge on any atom is 0.126 e. The summed E-state index contributed by atoms with van der Waals surface area (Å²) in [5.74, 6) is -1.18. The monoisotopic (exact) mass is 320 g/mol. The van der Waals surface area contributed by atoms with Crippen LogP contribution >= 0.6 is 0 Å². The first kappa shape index (κ1) is 17.5. The van der Waals surface area contributed by atoms with Crippen molar-refractivity contribution in [1.82, 2.24) is 5.32 Å². The standard InChI is InChI=1S/C18H22F2N2O/c19-15-8-13(9-16(20)11-15)10-17(21)6-7-22-18(12-23)14-4-2-1-3-5-14/h1-5,8-9,11,17-18,22-23H,6-7,10,12,21H2/t17-,18+/m1/s1. The molecule has 0 unspecified atom stereocenters. The van der Waals surface area contributed by atoms with E-state index < -0.39 is 11.6 Å². The molecule has 4 N–H and O–H groups in total. The maximum atomic E-state index is 13.1. The van der Waals surface area contributed by atoms with Gasteiger partial charge in [0.1, 0.15) is 11.6 Å². The first-order chi connectivity index (χ1) is 11.1. The average Bonchev–Trinajstić information content (AvgIpc) is 2.51. The molecular weight excluding hydrogens is 298 g/mol. The minimum Gasteiger partial charge on any atom is -0.394 e. The van der Waals surface area contributed by atoms with Crippen LogP contribution in [-0.2, 0) is 6.42 Å². The van der Waals surface area contributed by atoms with Crippen LogP contribution in [0.4, 0.5) is 8.78 Å². The molecule has 0 spiro atoms. The molecule has 23 heavy (non-hydrogen) atoms. The van der Waals surface area contributed by atoms with Gasteiger partial charge in [-0.3, -0.25) is 0 Å². The summed E-state index contributed by atoms with van der Waals surface area (Å²) >= 11 is 0. The Kier molecular flexibility index (Phi) is 6.65. The lowest BCUT2D eigenvalue weighted by atomic mass is 10.0. The van der Waals surface area contributed by atoms with Gasteiger partial charge in [0.05, 0.1) is 12.6 Å². The van der Waals surface area contributed by atoms with Crippen LogP contribution in [0.3, 0.4) is 0 Å². The van der Waals surface area contributed by atoms with Gasteiger partial charge in [-0.15, -0.1) is 0 Å². The molecule has 0 aliphatic rings. The Balaban J connectivity index is 1.81. The third-order valence-corrected chi connectivity index (χ3v) is 3.71. The zero-order valence-electron chi connectivity index (χ0n) is 12.9. The largest absolute Gasteiger partial charge is 0.394 e. The summed E-state index contributed by atoms with van der Waals surface area (Å²) in [5, 5.41) is 12.7. The van der Waals surface area contributed by atoms with Crippen molar-refractivity contribution < 1.29 is 13.9 Å². The van der Waals surface area contributed by atoms with Gasteiger partial charge in [0.25, 0.3) is 0 Å². The Hall–Kier alpha value is -1.82. The summed E-state index contributed by atoms with van der Waals surface area (Å²) < 4.78 is 26.3. The fraction of sp³-hybridized carbons (Fsp3) is 0.333. The molecule has 0 heterocycles. The van der Waals surface area contributed by atoms with Crippen LogP contribution in [0.2, 0.25) is 0 Å². The Labute approximate surface area is 135 Å². The molecule has 0 aliphatic carbocycles. The van der Waals surface area contributed by atoms with Gasteiger partial charge in [0.2, 0.25) is 0 Å². The van der Waals surface area contributed by atoms with E-state index in [1.165, 1.54) is 12.1 Å². The van der Waals surface area contributed by atoms with Crippen LogP contribution < -0.4 is 11.1 Å². The smallest absolute Gasteiger partial charge is 0.126 e. The molecule has 0 aromatic heterocycles. The van der Waals surface area contributed by atoms with E-state index >= 15 is 0 Å². The van der Waals surface area contributed by atoms with Gasteiger partial charge in [0, 0.05) is 12.1 Å². The molecule has 2 aromatic rings. The van der Waals surface area contributed by atoms with Crippen LogP contribution in [0, 0.1) is 11.6 Å². The molecule has 2 rings (SSSR count). The van der Waals surface area contributed by atoms with Crippen molar-refractivity contribution in [3.05, 3.63) is 71.3 Å². The predicted octanol–water partition coefficient (Wildman–Crippen LogP) is 2.55. The number of hydrogen-bond acceptors (Lipinski definition) is 3. The highest BCUT2D eigenvalue weighted by Crippen LogP contribution is 2.13. The molecule has 0 aliphatic heterocycles. The zero-order chi connectivity index (χ0) is 16.7. The van der Waals surface area contributed by atoms with Gasteiger partial charge >= 0.3 is 0 Å². The van der Waals surface area contributed by atoms with E-state index in [1.54, 1.807) is 0 Å². The van der Waals surface area contributed by atoms with Crippen molar-refractivity contribution in [2.45, 2.75) is 24.9 Å². The second-order valence-electron chi connectivity index (χ2n) is 5.63. The third-order valence-electron chi connectivity index (χ3n) is 3.71. The average molecular weight is 320 g/mol. The second-order valence-corrected chi connectivity index (χ2v) is 5.63. The van der Waals surface area contributed by atoms with Crippen LogP contribution in [0.5, 0.6) is 0 Å². The number of halogens is 2. The minimum atomic E-state index is -0.588. The van der Waals surface area contributed by atoms with Gasteiger partial charge in [-0.2, -0.15) is 0 Å². The van der Waals surface area contributed by atoms with E-state index in [1.807, 2.05) is 30.3 Å². The Morgan fingerprint density at radius 1 is 1.04 bits per heavy atom. The van der Waals surface area contributed by atoms with Crippen molar-refractivity contribution >= 4 is 0 Å². The number of hydrogen-bond donors (Lipinski definition) is 3. The lowest BCUT2D eigenvalue weighted by Crippen LogP contribution is -2.31. The molecular formula is C18H22F2N2O. The molecule has 0 saturated carbocycles. The van der Waals surface area contributed by atoms with Gasteiger partial charge in [-0.05, 0) is 42.6 Å². The topological polar surface area (TPSA) is 58.3 Å². The predicted molar refractivity (Wildman–Crippen MR) is 86.9 cm³/mol. The van der Waals surface area contributed by atoms with E-state index in [2.05, 4.69) is 5.32 Å². The van der Waals surface area contributed by atoms with Crippen LogP contribution in [-0.4, -0.2) is 24.3 Å². The highest BCUT2D eigenvalue weighted by molar-refractivity contribution is 5.20. The molecule has 0 saturated heterocycles. The number of aliphatic hydroxyl groups is 1. The number of rotatable bonds is 8. The lowest BCUT2D eigenvalue weighted by Gasteiger charge is -2.18. The molecule has 0 bridgehead atoms. The van der Waals surface area contributed by atoms with Crippen LogP contribution in [0.1, 0.15) is 23.6 Å². The number of nitrogens with two attached hydrogens (primary N) is 1. The molecule has 0 amide bonds. The van der Waals surface area contributed by atoms with Crippen molar-refractivity contribution in [1.29, 1.82) is 0 Å². The highest BCUT2D eigenvalue weighted by Gasteiger charge is 2.11. The Bertz CT molecular complexity index is 587. The SMILES string of the molecule is N[C@H](CCN[C@@H](CO)c1ccccc1)Cc1cc(F)cc(F)c1. The molecule has 0 radical (unpaired) electrons. The second kappa shape index (κ2) is 8.72. The molecule has 5 heteroatoms. The molecule has 124 valence electrons. The third kappa shape index (κ3) is 5.71. The maximum absolute atomic E-state index is 13.1. The summed E-state index contributed by atoms with van der Waals surface area (Å²) in [6, 6.07) is 12.8. The van der Waals surface area contributed by atoms with Crippen molar-refractivity contribution in [2.75, 3.05) is 13.2 Å². The summed E-state index contributed by atoms with van der Waals surface area (Å²) in [6.45, 7) is 0.605. The summed E-state index contributed by atoms with van der Waals surface area (Å²) in [6.07, 6.45) is 1.05. The first-order valence-corrected chi connectivity index (χ1v) is 7.68. The van der Waals surface area contributed by atoms with E-state index in [4.69, 9.17) is 5.73 Å². The fourth-order valence-electron chi connectivity index (χ4n) is 2.55. The number of nitrogens with one attached hydrogen (secondary N) is 1. The van der Waals surface area contributed by atoms with Gasteiger partial charge in [-0.1, -0.05) is 30.3 Å². The Morgan fingerprint density at radius 3 is 2.30 bits per heavy atom. The van der Waals surface area contributed by atoms with Crippen molar-refractivity contribution in [3.8, 4) is 0 Å². The molecule has 3 nitrogen and oxygen atoms in total. The molecule has 2 atom stereocenters. The van der Waals surface area contributed by atoms with Crippen molar-refractivity contribution in [3.63, 3.8) is 0 Å². The quantitative estimate of drug-likeness (QED) is 0.700. The minimum absolute atomic E-state index is 0.00560. The van der Waals surface area contributed by atoms with Crippen LogP contribution in [0.25, 0.3) is 0 Å².